The summed E-state index contributed by atoms with van der Waals surface area (Å²) in [6.45, 7) is 6.34. The molecule has 0 bridgehead atoms. The molecule has 0 spiro atoms. The second kappa shape index (κ2) is 8.48. The van der Waals surface area contributed by atoms with Gasteiger partial charge in [-0.3, -0.25) is 14.5 Å². The molecule has 1 aromatic carbocycles. The second-order valence-corrected chi connectivity index (χ2v) is 7.44. The molecule has 0 saturated carbocycles. The van der Waals surface area contributed by atoms with Crippen molar-refractivity contribution in [2.75, 3.05) is 38.0 Å². The Morgan fingerprint density at radius 3 is 2.52 bits per heavy atom. The number of rotatable bonds is 4. The van der Waals surface area contributed by atoms with Gasteiger partial charge in [0.15, 0.2) is 0 Å². The van der Waals surface area contributed by atoms with Crippen molar-refractivity contribution in [1.29, 1.82) is 0 Å². The summed E-state index contributed by atoms with van der Waals surface area (Å²) in [6.07, 6.45) is 5.68. The lowest BCUT2D eigenvalue weighted by molar-refractivity contribution is -0.117. The molecular weight excluding hydrogens is 314 g/mol. The lowest BCUT2D eigenvalue weighted by Gasteiger charge is -2.29. The molecule has 1 aromatic rings. The van der Waals surface area contributed by atoms with Gasteiger partial charge in [-0.1, -0.05) is 13.0 Å². The molecule has 1 N–H and O–H groups in total. The van der Waals surface area contributed by atoms with Crippen LogP contribution in [0.5, 0.6) is 0 Å². The predicted octanol–water partition coefficient (Wildman–Crippen LogP) is 2.98. The van der Waals surface area contributed by atoms with Gasteiger partial charge in [0.2, 0.25) is 5.91 Å². The zero-order chi connectivity index (χ0) is 17.6. The lowest BCUT2D eigenvalue weighted by Crippen LogP contribution is -2.38. The number of anilines is 1. The van der Waals surface area contributed by atoms with Gasteiger partial charge in [-0.05, 0) is 69.3 Å². The van der Waals surface area contributed by atoms with E-state index in [4.69, 9.17) is 0 Å². The highest BCUT2D eigenvalue weighted by molar-refractivity contribution is 5.97. The van der Waals surface area contributed by atoms with E-state index in [1.807, 2.05) is 23.1 Å². The van der Waals surface area contributed by atoms with Crippen molar-refractivity contribution in [3.8, 4) is 0 Å². The first-order valence-electron chi connectivity index (χ1n) is 9.53. The molecule has 2 aliphatic heterocycles. The first kappa shape index (κ1) is 17.9. The zero-order valence-electron chi connectivity index (χ0n) is 15.2. The fourth-order valence-corrected chi connectivity index (χ4v) is 3.63. The van der Waals surface area contributed by atoms with Crippen LogP contribution in [0.4, 0.5) is 5.69 Å². The van der Waals surface area contributed by atoms with Gasteiger partial charge in [-0.15, -0.1) is 0 Å². The van der Waals surface area contributed by atoms with Crippen molar-refractivity contribution < 1.29 is 9.59 Å². The maximum absolute atomic E-state index is 12.6. The van der Waals surface area contributed by atoms with Crippen molar-refractivity contribution in [2.24, 2.45) is 5.92 Å². The van der Waals surface area contributed by atoms with E-state index < -0.39 is 0 Å². The van der Waals surface area contributed by atoms with Crippen LogP contribution in [0.2, 0.25) is 0 Å². The summed E-state index contributed by atoms with van der Waals surface area (Å²) in [7, 11) is 0. The van der Waals surface area contributed by atoms with Crippen LogP contribution in [-0.2, 0) is 4.79 Å². The van der Waals surface area contributed by atoms with Crippen LogP contribution in [0.3, 0.4) is 0 Å². The van der Waals surface area contributed by atoms with Crippen LogP contribution in [0.25, 0.3) is 0 Å². The largest absolute Gasteiger partial charge is 0.339 e. The van der Waals surface area contributed by atoms with E-state index in [1.54, 1.807) is 6.07 Å². The summed E-state index contributed by atoms with van der Waals surface area (Å²) in [5.74, 6) is 0.828. The van der Waals surface area contributed by atoms with Crippen LogP contribution in [0.15, 0.2) is 24.3 Å². The summed E-state index contributed by atoms with van der Waals surface area (Å²) in [6, 6.07) is 7.32. The zero-order valence-corrected chi connectivity index (χ0v) is 15.2. The Bertz CT molecular complexity index is 603. The number of nitrogens with zero attached hydrogens (tertiary/aromatic N) is 2. The SMILES string of the molecule is CC1CCN(CC(=O)Nc2cccc(C(=O)N3CCCCC3)c2)CC1. The number of piperidine rings is 2. The fourth-order valence-electron chi connectivity index (χ4n) is 3.63. The van der Waals surface area contributed by atoms with Gasteiger partial charge in [-0.25, -0.2) is 0 Å². The van der Waals surface area contributed by atoms with Crippen LogP contribution in [-0.4, -0.2) is 54.3 Å². The molecule has 2 heterocycles. The Hall–Kier alpha value is -1.88. The van der Waals surface area contributed by atoms with Crippen molar-refractivity contribution in [1.82, 2.24) is 9.80 Å². The molecule has 2 fully saturated rings. The molecule has 2 saturated heterocycles. The Morgan fingerprint density at radius 2 is 1.80 bits per heavy atom. The molecule has 3 rings (SSSR count). The Kier molecular flexibility index (Phi) is 6.08. The molecule has 2 amide bonds. The molecule has 0 atom stereocenters. The first-order chi connectivity index (χ1) is 12.1. The highest BCUT2D eigenvalue weighted by Gasteiger charge is 2.20. The highest BCUT2D eigenvalue weighted by atomic mass is 16.2. The van der Waals surface area contributed by atoms with Gasteiger partial charge in [-0.2, -0.15) is 0 Å². The maximum atomic E-state index is 12.6. The third-order valence-corrected chi connectivity index (χ3v) is 5.28. The maximum Gasteiger partial charge on any atom is 0.253 e. The topological polar surface area (TPSA) is 52.7 Å². The minimum atomic E-state index is -0.00266. The van der Waals surface area contributed by atoms with Crippen molar-refractivity contribution in [2.45, 2.75) is 39.0 Å². The number of benzene rings is 1. The number of hydrogen-bond donors (Lipinski definition) is 1. The molecule has 2 aliphatic rings. The molecule has 5 heteroatoms. The van der Waals surface area contributed by atoms with E-state index >= 15 is 0 Å². The minimum Gasteiger partial charge on any atom is -0.339 e. The van der Waals surface area contributed by atoms with E-state index in [-0.39, 0.29) is 11.8 Å². The van der Waals surface area contributed by atoms with Gasteiger partial charge in [0, 0.05) is 24.3 Å². The minimum absolute atomic E-state index is 0.00266. The number of hydrogen-bond acceptors (Lipinski definition) is 3. The molecule has 0 aromatic heterocycles. The predicted molar refractivity (Wildman–Crippen MR) is 99.7 cm³/mol. The third kappa shape index (κ3) is 5.05. The number of likely N-dealkylation sites (tertiary alicyclic amines) is 2. The van der Waals surface area contributed by atoms with E-state index in [1.165, 1.54) is 6.42 Å². The smallest absolute Gasteiger partial charge is 0.253 e. The van der Waals surface area contributed by atoms with Gasteiger partial charge < -0.3 is 10.2 Å². The van der Waals surface area contributed by atoms with Crippen molar-refractivity contribution in [3.63, 3.8) is 0 Å². The van der Waals surface area contributed by atoms with E-state index in [2.05, 4.69) is 17.1 Å². The molecule has 0 unspecified atom stereocenters. The summed E-state index contributed by atoms with van der Waals surface area (Å²) in [4.78, 5) is 29.0. The molecule has 25 heavy (non-hydrogen) atoms. The van der Waals surface area contributed by atoms with Gasteiger partial charge >= 0.3 is 0 Å². The fraction of sp³-hybridized carbons (Fsp3) is 0.600. The standard InChI is InChI=1S/C20H29N3O2/c1-16-8-12-22(13-9-16)15-19(24)21-18-7-5-6-17(14-18)20(25)23-10-3-2-4-11-23/h5-7,14,16H,2-4,8-13,15H2,1H3,(H,21,24). The normalized spacial score (nSPS) is 19.6. The van der Waals surface area contributed by atoms with Crippen molar-refractivity contribution >= 4 is 17.5 Å². The average molecular weight is 343 g/mol. The second-order valence-electron chi connectivity index (χ2n) is 7.44. The van der Waals surface area contributed by atoms with E-state index in [0.29, 0.717) is 17.8 Å². The molecule has 136 valence electrons. The number of amides is 2. The number of carbonyl (C=O) groups is 2. The summed E-state index contributed by atoms with van der Waals surface area (Å²) in [5, 5.41) is 2.95. The molecule has 0 radical (unpaired) electrons. The van der Waals surface area contributed by atoms with Crippen LogP contribution >= 0.6 is 0 Å². The van der Waals surface area contributed by atoms with E-state index in [9.17, 15) is 9.59 Å². The summed E-state index contributed by atoms with van der Waals surface area (Å²) >= 11 is 0. The number of carbonyl (C=O) groups excluding carboxylic acids is 2. The van der Waals surface area contributed by atoms with Crippen molar-refractivity contribution in [3.05, 3.63) is 29.8 Å². The Balaban J connectivity index is 1.55. The highest BCUT2D eigenvalue weighted by Crippen LogP contribution is 2.18. The van der Waals surface area contributed by atoms with Gasteiger partial charge in [0.25, 0.3) is 5.91 Å². The summed E-state index contributed by atoms with van der Waals surface area (Å²) < 4.78 is 0. The molecular formula is C20H29N3O2. The van der Waals surface area contributed by atoms with E-state index in [0.717, 1.165) is 57.8 Å². The van der Waals surface area contributed by atoms with Gasteiger partial charge in [0.05, 0.1) is 6.54 Å². The van der Waals surface area contributed by atoms with Gasteiger partial charge in [0.1, 0.15) is 0 Å². The lowest BCUT2D eigenvalue weighted by atomic mass is 9.99. The molecule has 5 nitrogen and oxygen atoms in total. The van der Waals surface area contributed by atoms with Crippen LogP contribution in [0, 0.1) is 5.92 Å². The monoisotopic (exact) mass is 343 g/mol. The quantitative estimate of drug-likeness (QED) is 0.914. The van der Waals surface area contributed by atoms with Crippen LogP contribution in [0.1, 0.15) is 49.4 Å². The first-order valence-corrected chi connectivity index (χ1v) is 9.53. The summed E-state index contributed by atoms with van der Waals surface area (Å²) in [5.41, 5.74) is 1.37. The molecule has 0 aliphatic carbocycles. The Labute approximate surface area is 150 Å². The average Bonchev–Trinajstić information content (AvgIpc) is 2.64. The Morgan fingerprint density at radius 1 is 1.08 bits per heavy atom. The van der Waals surface area contributed by atoms with Crippen LogP contribution < -0.4 is 5.32 Å². The third-order valence-electron chi connectivity index (χ3n) is 5.28. The number of nitrogens with one attached hydrogen (secondary N) is 1.